The van der Waals surface area contributed by atoms with Crippen molar-refractivity contribution in [1.82, 2.24) is 14.9 Å². The summed E-state index contributed by atoms with van der Waals surface area (Å²) in [4.78, 5) is 24.0. The van der Waals surface area contributed by atoms with E-state index < -0.39 is 5.97 Å². The van der Waals surface area contributed by atoms with Gasteiger partial charge in [0.15, 0.2) is 5.69 Å². The highest BCUT2D eigenvalue weighted by Crippen LogP contribution is 2.19. The van der Waals surface area contributed by atoms with Gasteiger partial charge >= 0.3 is 5.97 Å². The highest BCUT2D eigenvalue weighted by atomic mass is 16.5. The van der Waals surface area contributed by atoms with Crippen LogP contribution in [0.3, 0.4) is 0 Å². The molecule has 6 nitrogen and oxygen atoms in total. The Morgan fingerprint density at radius 3 is 2.72 bits per heavy atom. The summed E-state index contributed by atoms with van der Waals surface area (Å²) in [6.07, 6.45) is 4.21. The zero-order valence-corrected chi connectivity index (χ0v) is 11.0. The molecule has 1 fully saturated rings. The molecule has 0 saturated carbocycles. The summed E-state index contributed by atoms with van der Waals surface area (Å²) < 4.78 is 4.59. The molecule has 2 rings (SSSR count). The lowest BCUT2D eigenvalue weighted by atomic mass is 10.2. The van der Waals surface area contributed by atoms with E-state index >= 15 is 0 Å². The average Bonchev–Trinajstić information content (AvgIpc) is 2.88. The molecular formula is C12H18N4O2. The van der Waals surface area contributed by atoms with Gasteiger partial charge in [-0.2, -0.15) is 0 Å². The van der Waals surface area contributed by atoms with Crippen molar-refractivity contribution in [3.05, 3.63) is 18.1 Å². The molecule has 1 aromatic heterocycles. The van der Waals surface area contributed by atoms with E-state index in [1.807, 2.05) is 0 Å². The zero-order valence-electron chi connectivity index (χ0n) is 11.0. The SMILES string of the molecule is COC(=O)c1cnc(N2CCC(N(C)C)C2)cn1. The maximum atomic E-state index is 11.2. The Morgan fingerprint density at radius 2 is 2.22 bits per heavy atom. The van der Waals surface area contributed by atoms with E-state index in [2.05, 4.69) is 38.6 Å². The van der Waals surface area contributed by atoms with Gasteiger partial charge in [-0.05, 0) is 20.5 Å². The number of carbonyl (C=O) groups is 1. The van der Waals surface area contributed by atoms with Crippen LogP contribution in [-0.4, -0.2) is 61.2 Å². The van der Waals surface area contributed by atoms with E-state index in [1.54, 1.807) is 6.20 Å². The third kappa shape index (κ3) is 2.59. The second-order valence-electron chi connectivity index (χ2n) is 4.60. The quantitative estimate of drug-likeness (QED) is 0.724. The smallest absolute Gasteiger partial charge is 0.358 e. The summed E-state index contributed by atoms with van der Waals surface area (Å²) in [7, 11) is 5.50. The van der Waals surface area contributed by atoms with Gasteiger partial charge in [-0.25, -0.2) is 14.8 Å². The van der Waals surface area contributed by atoms with Crippen molar-refractivity contribution in [3.8, 4) is 0 Å². The molecule has 0 aromatic carbocycles. The molecule has 0 amide bonds. The minimum absolute atomic E-state index is 0.240. The number of esters is 1. The van der Waals surface area contributed by atoms with Crippen LogP contribution in [0.15, 0.2) is 12.4 Å². The van der Waals surface area contributed by atoms with Gasteiger partial charge in [-0.3, -0.25) is 0 Å². The molecule has 0 aliphatic carbocycles. The van der Waals surface area contributed by atoms with Crippen molar-refractivity contribution >= 4 is 11.8 Å². The lowest BCUT2D eigenvalue weighted by Crippen LogP contribution is -2.31. The number of aromatic nitrogens is 2. The Labute approximate surface area is 107 Å². The number of methoxy groups -OCH3 is 1. The van der Waals surface area contributed by atoms with Crippen LogP contribution in [0.25, 0.3) is 0 Å². The van der Waals surface area contributed by atoms with Gasteiger partial charge in [0.1, 0.15) is 5.82 Å². The summed E-state index contributed by atoms with van der Waals surface area (Å²) in [5.74, 6) is 0.355. The first-order valence-corrected chi connectivity index (χ1v) is 5.93. The number of carbonyl (C=O) groups excluding carboxylic acids is 1. The van der Waals surface area contributed by atoms with Gasteiger partial charge in [-0.15, -0.1) is 0 Å². The molecule has 2 heterocycles. The maximum Gasteiger partial charge on any atom is 0.358 e. The van der Waals surface area contributed by atoms with Gasteiger partial charge in [0, 0.05) is 19.1 Å². The van der Waals surface area contributed by atoms with Crippen LogP contribution in [0.5, 0.6) is 0 Å². The summed E-state index contributed by atoms with van der Waals surface area (Å²) >= 11 is 0. The van der Waals surface area contributed by atoms with Crippen LogP contribution in [0.2, 0.25) is 0 Å². The molecule has 1 atom stereocenters. The van der Waals surface area contributed by atoms with Crippen LogP contribution >= 0.6 is 0 Å². The van der Waals surface area contributed by atoms with Crippen LogP contribution in [0, 0.1) is 0 Å². The molecule has 0 spiro atoms. The number of nitrogens with zero attached hydrogens (tertiary/aromatic N) is 4. The predicted octanol–water partition coefficient (Wildman–Crippen LogP) is 0.403. The van der Waals surface area contributed by atoms with Gasteiger partial charge in [-0.1, -0.05) is 0 Å². The Balaban J connectivity index is 2.05. The summed E-state index contributed by atoms with van der Waals surface area (Å²) in [5.41, 5.74) is 0.240. The van der Waals surface area contributed by atoms with Crippen LogP contribution in [0.1, 0.15) is 16.9 Å². The van der Waals surface area contributed by atoms with Gasteiger partial charge < -0.3 is 14.5 Å². The molecule has 1 unspecified atom stereocenters. The fourth-order valence-electron chi connectivity index (χ4n) is 2.07. The molecular weight excluding hydrogens is 232 g/mol. The van der Waals surface area contributed by atoms with Crippen molar-refractivity contribution in [1.29, 1.82) is 0 Å². The van der Waals surface area contributed by atoms with Crippen LogP contribution < -0.4 is 4.90 Å². The lowest BCUT2D eigenvalue weighted by Gasteiger charge is -2.20. The van der Waals surface area contributed by atoms with E-state index in [4.69, 9.17) is 0 Å². The Bertz CT molecular complexity index is 419. The molecule has 18 heavy (non-hydrogen) atoms. The van der Waals surface area contributed by atoms with Crippen molar-refractivity contribution in [2.45, 2.75) is 12.5 Å². The Kier molecular flexibility index (Phi) is 3.76. The molecule has 0 bridgehead atoms. The van der Waals surface area contributed by atoms with Crippen molar-refractivity contribution in [2.75, 3.05) is 39.2 Å². The zero-order chi connectivity index (χ0) is 13.1. The molecule has 1 saturated heterocycles. The molecule has 0 N–H and O–H groups in total. The van der Waals surface area contributed by atoms with E-state index in [9.17, 15) is 4.79 Å². The summed E-state index contributed by atoms with van der Waals surface area (Å²) in [6.45, 7) is 1.91. The summed E-state index contributed by atoms with van der Waals surface area (Å²) in [5, 5.41) is 0. The Hall–Kier alpha value is -1.69. The van der Waals surface area contributed by atoms with Gasteiger partial charge in [0.25, 0.3) is 0 Å². The number of hydrogen-bond acceptors (Lipinski definition) is 6. The van der Waals surface area contributed by atoms with Gasteiger partial charge in [0.2, 0.25) is 0 Å². The van der Waals surface area contributed by atoms with E-state index in [1.165, 1.54) is 13.3 Å². The van der Waals surface area contributed by atoms with Gasteiger partial charge in [0.05, 0.1) is 19.5 Å². The summed E-state index contributed by atoms with van der Waals surface area (Å²) in [6, 6.07) is 0.548. The van der Waals surface area contributed by atoms with E-state index in [0.717, 1.165) is 25.3 Å². The number of anilines is 1. The highest BCUT2D eigenvalue weighted by Gasteiger charge is 2.25. The topological polar surface area (TPSA) is 58.6 Å². The minimum Gasteiger partial charge on any atom is -0.464 e. The Morgan fingerprint density at radius 1 is 1.44 bits per heavy atom. The number of likely N-dealkylation sites (N-methyl/N-ethyl adjacent to an activating group) is 1. The number of rotatable bonds is 3. The fraction of sp³-hybridized carbons (Fsp3) is 0.583. The number of ether oxygens (including phenoxy) is 1. The minimum atomic E-state index is -0.457. The number of hydrogen-bond donors (Lipinski definition) is 0. The normalized spacial score (nSPS) is 19.3. The monoisotopic (exact) mass is 250 g/mol. The molecule has 0 radical (unpaired) electrons. The highest BCUT2D eigenvalue weighted by molar-refractivity contribution is 5.86. The standard InChI is InChI=1S/C12H18N4O2/c1-15(2)9-4-5-16(8-9)11-7-13-10(6-14-11)12(17)18-3/h6-7,9H,4-5,8H2,1-3H3. The molecule has 6 heteroatoms. The molecule has 1 aliphatic heterocycles. The second kappa shape index (κ2) is 5.30. The molecule has 1 aliphatic rings. The third-order valence-electron chi connectivity index (χ3n) is 3.25. The average molecular weight is 250 g/mol. The third-order valence-corrected chi connectivity index (χ3v) is 3.25. The molecule has 98 valence electrons. The first-order valence-electron chi connectivity index (χ1n) is 5.93. The predicted molar refractivity (Wildman–Crippen MR) is 67.7 cm³/mol. The van der Waals surface area contributed by atoms with E-state index in [-0.39, 0.29) is 5.69 Å². The first kappa shape index (κ1) is 12.8. The lowest BCUT2D eigenvalue weighted by molar-refractivity contribution is 0.0593. The van der Waals surface area contributed by atoms with Crippen molar-refractivity contribution < 1.29 is 9.53 Å². The van der Waals surface area contributed by atoms with Crippen LogP contribution in [0.4, 0.5) is 5.82 Å². The molecule has 1 aromatic rings. The van der Waals surface area contributed by atoms with E-state index in [0.29, 0.717) is 6.04 Å². The first-order chi connectivity index (χ1) is 8.61. The van der Waals surface area contributed by atoms with Crippen LogP contribution in [-0.2, 0) is 4.74 Å². The van der Waals surface area contributed by atoms with Crippen molar-refractivity contribution in [2.24, 2.45) is 0 Å². The largest absolute Gasteiger partial charge is 0.464 e. The van der Waals surface area contributed by atoms with Crippen molar-refractivity contribution in [3.63, 3.8) is 0 Å². The second-order valence-corrected chi connectivity index (χ2v) is 4.60. The fourth-order valence-corrected chi connectivity index (χ4v) is 2.07. The maximum absolute atomic E-state index is 11.2.